The minimum absolute atomic E-state index is 0.536. The van der Waals surface area contributed by atoms with Crippen molar-refractivity contribution in [2.75, 3.05) is 4.90 Å². The van der Waals surface area contributed by atoms with Crippen molar-refractivity contribution >= 4 is 60.8 Å². The van der Waals surface area contributed by atoms with E-state index in [9.17, 15) is 0 Å². The average Bonchev–Trinajstić information content (AvgIpc) is 4.19. The van der Waals surface area contributed by atoms with Crippen molar-refractivity contribution in [1.82, 2.24) is 4.57 Å². The number of aromatic nitrogens is 1. The van der Waals surface area contributed by atoms with E-state index < -0.39 is 5.41 Å². The first kappa shape index (κ1) is 43.6. The molecule has 0 aliphatic heterocycles. The van der Waals surface area contributed by atoms with Crippen molar-refractivity contribution < 1.29 is 4.42 Å². The van der Waals surface area contributed by atoms with Crippen LogP contribution in [0.2, 0.25) is 0 Å². The Morgan fingerprint density at radius 2 is 0.803 bits per heavy atom. The van der Waals surface area contributed by atoms with Crippen LogP contribution in [-0.2, 0) is 5.41 Å². The lowest BCUT2D eigenvalue weighted by Gasteiger charge is -2.34. The molecular formula is C73H48N2O. The Bertz CT molecular complexity index is 4420. The van der Waals surface area contributed by atoms with Gasteiger partial charge in [-0.25, -0.2) is 0 Å². The van der Waals surface area contributed by atoms with Crippen LogP contribution in [0.25, 0.3) is 93.9 Å². The molecule has 12 aromatic carbocycles. The van der Waals surface area contributed by atoms with E-state index in [4.69, 9.17) is 4.42 Å². The molecule has 0 bridgehead atoms. The van der Waals surface area contributed by atoms with E-state index in [1.807, 2.05) is 12.1 Å². The van der Waals surface area contributed by atoms with Gasteiger partial charge in [-0.1, -0.05) is 212 Å². The van der Waals surface area contributed by atoms with Gasteiger partial charge in [0.15, 0.2) is 0 Å². The molecule has 1 aliphatic carbocycles. The van der Waals surface area contributed by atoms with E-state index >= 15 is 0 Å². The quantitative estimate of drug-likeness (QED) is 0.144. The standard InChI is InChI=1S/C73H48N2O/c1-3-21-55(22-4-1)73(56-23-5-2-6-24-56)65-30-11-7-29-63(65)72-66(73)31-17-34-69(72)74(57-41-36-49(37-42-57)51-18-15-19-52(46-51)54-40-45-71-64(48-54)62-28-10-14-35-70(62)76-71)58-43-38-50(39-44-58)53-20-16-25-59(47-53)75-67-32-12-8-26-60(67)61-27-9-13-33-68(61)75/h1-48H. The fraction of sp³-hybridized carbons (Fsp3) is 0.0137. The Hall–Kier alpha value is -9.96. The van der Waals surface area contributed by atoms with Gasteiger partial charge in [0.25, 0.3) is 0 Å². The number of hydrogen-bond donors (Lipinski definition) is 0. The highest BCUT2D eigenvalue weighted by Gasteiger charge is 2.47. The fourth-order valence-electron chi connectivity index (χ4n) is 12.5. The van der Waals surface area contributed by atoms with Gasteiger partial charge in [0, 0.05) is 44.2 Å². The molecule has 0 amide bonds. The van der Waals surface area contributed by atoms with Gasteiger partial charge in [-0.3, -0.25) is 0 Å². The molecule has 1 aliphatic rings. The summed E-state index contributed by atoms with van der Waals surface area (Å²) in [6.45, 7) is 0. The molecule has 356 valence electrons. The number of fused-ring (bicyclic) bond motifs is 9. The van der Waals surface area contributed by atoms with Crippen LogP contribution in [-0.4, -0.2) is 4.57 Å². The summed E-state index contributed by atoms with van der Waals surface area (Å²) in [6.07, 6.45) is 0. The maximum absolute atomic E-state index is 6.18. The van der Waals surface area contributed by atoms with Crippen LogP contribution in [0, 0.1) is 0 Å². The largest absolute Gasteiger partial charge is 0.456 e. The molecule has 0 saturated heterocycles. The maximum atomic E-state index is 6.18. The van der Waals surface area contributed by atoms with E-state index in [0.717, 1.165) is 78.1 Å². The third-order valence-corrected chi connectivity index (χ3v) is 15.9. The second-order valence-corrected chi connectivity index (χ2v) is 20.0. The Morgan fingerprint density at radius 3 is 1.47 bits per heavy atom. The number of nitrogens with zero attached hydrogens (tertiary/aromatic N) is 2. The highest BCUT2D eigenvalue weighted by Crippen LogP contribution is 2.59. The number of anilines is 3. The first-order valence-corrected chi connectivity index (χ1v) is 26.1. The molecule has 15 rings (SSSR count). The third-order valence-electron chi connectivity index (χ3n) is 15.9. The van der Waals surface area contributed by atoms with Crippen molar-refractivity contribution in [3.8, 4) is 50.2 Å². The van der Waals surface area contributed by atoms with Gasteiger partial charge >= 0.3 is 0 Å². The first-order chi connectivity index (χ1) is 37.7. The van der Waals surface area contributed by atoms with Crippen LogP contribution in [0.3, 0.4) is 0 Å². The molecule has 3 nitrogen and oxygen atoms in total. The highest BCUT2D eigenvalue weighted by atomic mass is 16.3. The van der Waals surface area contributed by atoms with Gasteiger partial charge in [-0.05, 0) is 140 Å². The van der Waals surface area contributed by atoms with E-state index in [0.29, 0.717) is 0 Å². The molecule has 76 heavy (non-hydrogen) atoms. The fourth-order valence-corrected chi connectivity index (χ4v) is 12.5. The van der Waals surface area contributed by atoms with E-state index in [1.54, 1.807) is 0 Å². The summed E-state index contributed by atoms with van der Waals surface area (Å²) < 4.78 is 8.58. The second-order valence-electron chi connectivity index (χ2n) is 20.0. The van der Waals surface area contributed by atoms with E-state index in [2.05, 4.69) is 289 Å². The minimum Gasteiger partial charge on any atom is -0.456 e. The zero-order valence-corrected chi connectivity index (χ0v) is 41.5. The van der Waals surface area contributed by atoms with Crippen molar-refractivity contribution in [3.05, 3.63) is 313 Å². The van der Waals surface area contributed by atoms with Gasteiger partial charge in [-0.2, -0.15) is 0 Å². The molecule has 2 heterocycles. The lowest BCUT2D eigenvalue weighted by atomic mass is 9.68. The molecule has 0 N–H and O–H groups in total. The number of benzene rings is 12. The zero-order valence-electron chi connectivity index (χ0n) is 41.5. The van der Waals surface area contributed by atoms with Crippen LogP contribution >= 0.6 is 0 Å². The summed E-state index contributed by atoms with van der Waals surface area (Å²) in [7, 11) is 0. The third kappa shape index (κ3) is 6.83. The average molecular weight is 969 g/mol. The molecule has 0 unspecified atom stereocenters. The summed E-state index contributed by atoms with van der Waals surface area (Å²) in [5, 5.41) is 4.77. The van der Waals surface area contributed by atoms with Gasteiger partial charge in [0.05, 0.1) is 22.1 Å². The monoisotopic (exact) mass is 968 g/mol. The van der Waals surface area contributed by atoms with Crippen LogP contribution in [0.15, 0.2) is 296 Å². The summed E-state index contributed by atoms with van der Waals surface area (Å²) in [5.41, 5.74) is 22.5. The normalized spacial score (nSPS) is 12.6. The molecule has 0 atom stereocenters. The smallest absolute Gasteiger partial charge is 0.135 e. The number of furan rings is 1. The topological polar surface area (TPSA) is 21.3 Å². The van der Waals surface area contributed by atoms with Crippen molar-refractivity contribution in [3.63, 3.8) is 0 Å². The van der Waals surface area contributed by atoms with Crippen LogP contribution in [0.5, 0.6) is 0 Å². The molecule has 0 fully saturated rings. The Morgan fingerprint density at radius 1 is 0.316 bits per heavy atom. The molecule has 2 aromatic heterocycles. The van der Waals surface area contributed by atoms with Gasteiger partial charge in [-0.15, -0.1) is 0 Å². The number of para-hydroxylation sites is 3. The van der Waals surface area contributed by atoms with Crippen LogP contribution in [0.1, 0.15) is 22.3 Å². The maximum Gasteiger partial charge on any atom is 0.135 e. The SMILES string of the molecule is c1ccc(C2(c3ccccc3)c3ccccc3-c3c(N(c4ccc(-c5cccc(-c6ccc7oc8ccccc8c7c6)c5)cc4)c4ccc(-c5cccc(-n6c7ccccc7c7ccccc76)c5)cc4)cccc32)cc1. The highest BCUT2D eigenvalue weighted by molar-refractivity contribution is 6.09. The summed E-state index contributed by atoms with van der Waals surface area (Å²) in [4.78, 5) is 2.46. The summed E-state index contributed by atoms with van der Waals surface area (Å²) >= 11 is 0. The molecule has 0 radical (unpaired) electrons. The lowest BCUT2D eigenvalue weighted by molar-refractivity contribution is 0.669. The van der Waals surface area contributed by atoms with Crippen molar-refractivity contribution in [2.24, 2.45) is 0 Å². The van der Waals surface area contributed by atoms with Crippen molar-refractivity contribution in [1.29, 1.82) is 0 Å². The van der Waals surface area contributed by atoms with Gasteiger partial charge in [0.2, 0.25) is 0 Å². The van der Waals surface area contributed by atoms with Gasteiger partial charge in [0.1, 0.15) is 11.2 Å². The second kappa shape index (κ2) is 17.6. The van der Waals surface area contributed by atoms with E-state index in [1.165, 1.54) is 55.2 Å². The Labute approximate surface area is 441 Å². The van der Waals surface area contributed by atoms with Crippen molar-refractivity contribution in [2.45, 2.75) is 5.41 Å². The Balaban J connectivity index is 0.869. The number of rotatable bonds is 9. The Kier molecular flexibility index (Phi) is 10.1. The lowest BCUT2D eigenvalue weighted by Crippen LogP contribution is -2.28. The number of hydrogen-bond acceptors (Lipinski definition) is 2. The zero-order chi connectivity index (χ0) is 50.2. The predicted molar refractivity (Wildman–Crippen MR) is 316 cm³/mol. The molecule has 0 spiro atoms. The molecule has 3 heteroatoms. The first-order valence-electron chi connectivity index (χ1n) is 26.1. The van der Waals surface area contributed by atoms with E-state index in [-0.39, 0.29) is 0 Å². The van der Waals surface area contributed by atoms with Crippen LogP contribution in [0.4, 0.5) is 17.1 Å². The van der Waals surface area contributed by atoms with Crippen LogP contribution < -0.4 is 4.90 Å². The molecule has 14 aromatic rings. The minimum atomic E-state index is -0.536. The molecular weight excluding hydrogens is 921 g/mol. The summed E-state index contributed by atoms with van der Waals surface area (Å²) in [6, 6.07) is 106. The van der Waals surface area contributed by atoms with Gasteiger partial charge < -0.3 is 13.9 Å². The molecule has 0 saturated carbocycles. The predicted octanol–water partition coefficient (Wildman–Crippen LogP) is 19.5. The summed E-state index contributed by atoms with van der Waals surface area (Å²) in [5.74, 6) is 0.